The molecule has 33 heavy (non-hydrogen) atoms. The molecule has 3 fully saturated rings. The molecule has 0 atom stereocenters. The van der Waals surface area contributed by atoms with E-state index in [4.69, 9.17) is 4.74 Å². The molecule has 0 radical (unpaired) electrons. The Kier molecular flexibility index (Phi) is 7.55. The van der Waals surface area contributed by atoms with Crippen LogP contribution in [0.2, 0.25) is 0 Å². The predicted molar refractivity (Wildman–Crippen MR) is 126 cm³/mol. The smallest absolute Gasteiger partial charge is 0.243 e. The third kappa shape index (κ3) is 5.50. The number of carbonyl (C=O) groups excluding carboxylic acids is 2. The lowest BCUT2D eigenvalue weighted by atomic mass is 9.95. The molecule has 3 heterocycles. The number of rotatable bonds is 5. The van der Waals surface area contributed by atoms with Crippen molar-refractivity contribution in [3.8, 4) is 0 Å². The summed E-state index contributed by atoms with van der Waals surface area (Å²) in [6.07, 6.45) is 3.99. The van der Waals surface area contributed by atoms with E-state index in [0.29, 0.717) is 71.0 Å². The van der Waals surface area contributed by atoms with Gasteiger partial charge in [0.15, 0.2) is 0 Å². The van der Waals surface area contributed by atoms with Gasteiger partial charge in [-0.3, -0.25) is 9.59 Å². The molecule has 1 aromatic carbocycles. The summed E-state index contributed by atoms with van der Waals surface area (Å²) in [6, 6.07) is 5.06. The molecule has 0 aromatic heterocycles. The van der Waals surface area contributed by atoms with Gasteiger partial charge in [-0.05, 0) is 43.9 Å². The molecule has 1 N–H and O–H groups in total. The Bertz CT molecular complexity index is 963. The minimum absolute atomic E-state index is 0.0269. The zero-order chi connectivity index (χ0) is 23.4. The highest BCUT2D eigenvalue weighted by atomic mass is 32.2. The van der Waals surface area contributed by atoms with Crippen LogP contribution in [0.4, 0.5) is 11.4 Å². The largest absolute Gasteiger partial charge is 0.378 e. The monoisotopic (exact) mass is 478 g/mol. The number of piperidine rings is 2. The molecular formula is C23H34N4O5S. The number of nitrogens with zero attached hydrogens (tertiary/aromatic N) is 3. The molecule has 0 aliphatic carbocycles. The Morgan fingerprint density at radius 2 is 1.64 bits per heavy atom. The fraction of sp³-hybridized carbons (Fsp3) is 0.652. The van der Waals surface area contributed by atoms with Gasteiger partial charge in [0.1, 0.15) is 0 Å². The summed E-state index contributed by atoms with van der Waals surface area (Å²) in [5, 5.41) is 3.03. The van der Waals surface area contributed by atoms with E-state index in [1.165, 1.54) is 0 Å². The molecule has 1 aromatic rings. The van der Waals surface area contributed by atoms with Crippen LogP contribution in [-0.2, 0) is 24.3 Å². The molecule has 2 amide bonds. The van der Waals surface area contributed by atoms with Crippen LogP contribution in [0, 0.1) is 5.92 Å². The van der Waals surface area contributed by atoms with Crippen LogP contribution in [-0.4, -0.2) is 81.9 Å². The first-order valence-electron chi connectivity index (χ1n) is 11.9. The van der Waals surface area contributed by atoms with Crippen LogP contribution < -0.4 is 10.2 Å². The SMILES string of the molecule is CC(=O)N1CCC(C(=O)Nc2cc(S(=O)(=O)N3CCCCC3)ccc2N2CCOCC2)CC1. The van der Waals surface area contributed by atoms with Crippen molar-refractivity contribution in [3.05, 3.63) is 18.2 Å². The van der Waals surface area contributed by atoms with Crippen LogP contribution in [0.5, 0.6) is 0 Å². The van der Waals surface area contributed by atoms with E-state index in [-0.39, 0.29) is 22.6 Å². The predicted octanol–water partition coefficient (Wildman–Crippen LogP) is 1.89. The molecule has 182 valence electrons. The first kappa shape index (κ1) is 24.0. The molecule has 0 bridgehead atoms. The number of hydrogen-bond donors (Lipinski definition) is 1. The Hall–Kier alpha value is -2.17. The molecular weight excluding hydrogens is 444 g/mol. The van der Waals surface area contributed by atoms with Gasteiger partial charge in [-0.1, -0.05) is 6.42 Å². The summed E-state index contributed by atoms with van der Waals surface area (Å²) in [7, 11) is -3.61. The number of amides is 2. The molecule has 4 rings (SSSR count). The van der Waals surface area contributed by atoms with Gasteiger partial charge in [-0.25, -0.2) is 8.42 Å². The molecule has 0 saturated carbocycles. The first-order valence-corrected chi connectivity index (χ1v) is 13.3. The highest BCUT2D eigenvalue weighted by Gasteiger charge is 2.30. The maximum Gasteiger partial charge on any atom is 0.243 e. The highest BCUT2D eigenvalue weighted by Crippen LogP contribution is 2.32. The molecule has 3 aliphatic rings. The van der Waals surface area contributed by atoms with E-state index >= 15 is 0 Å². The van der Waals surface area contributed by atoms with E-state index in [0.717, 1.165) is 24.9 Å². The van der Waals surface area contributed by atoms with Crippen LogP contribution in [0.3, 0.4) is 0 Å². The third-order valence-corrected chi connectivity index (χ3v) is 8.74. The fourth-order valence-electron chi connectivity index (χ4n) is 4.80. The summed E-state index contributed by atoms with van der Waals surface area (Å²) in [5.41, 5.74) is 1.33. The normalized spacial score (nSPS) is 21.1. The average Bonchev–Trinajstić information content (AvgIpc) is 2.85. The average molecular weight is 479 g/mol. The number of sulfonamides is 1. The van der Waals surface area contributed by atoms with E-state index in [2.05, 4.69) is 10.2 Å². The lowest BCUT2D eigenvalue weighted by molar-refractivity contribution is -0.132. The van der Waals surface area contributed by atoms with Crippen molar-refractivity contribution in [1.29, 1.82) is 0 Å². The van der Waals surface area contributed by atoms with Gasteiger partial charge in [0.05, 0.1) is 29.5 Å². The van der Waals surface area contributed by atoms with Gasteiger partial charge in [-0.15, -0.1) is 0 Å². The summed E-state index contributed by atoms with van der Waals surface area (Å²) >= 11 is 0. The fourth-order valence-corrected chi connectivity index (χ4v) is 6.35. The van der Waals surface area contributed by atoms with E-state index in [1.807, 2.05) is 0 Å². The lowest BCUT2D eigenvalue weighted by Gasteiger charge is -2.33. The number of anilines is 2. The Balaban J connectivity index is 1.57. The second-order valence-electron chi connectivity index (χ2n) is 9.01. The number of morpholine rings is 1. The minimum atomic E-state index is -3.61. The van der Waals surface area contributed by atoms with Crippen molar-refractivity contribution in [3.63, 3.8) is 0 Å². The summed E-state index contributed by atoms with van der Waals surface area (Å²) in [6.45, 7) is 6.27. The maximum atomic E-state index is 13.3. The first-order chi connectivity index (χ1) is 15.9. The zero-order valence-electron chi connectivity index (χ0n) is 19.3. The Morgan fingerprint density at radius 3 is 2.27 bits per heavy atom. The number of nitrogens with one attached hydrogen (secondary N) is 1. The number of likely N-dealkylation sites (tertiary alicyclic amines) is 1. The van der Waals surface area contributed by atoms with Crippen molar-refractivity contribution >= 4 is 33.2 Å². The summed E-state index contributed by atoms with van der Waals surface area (Å²) < 4.78 is 33.5. The van der Waals surface area contributed by atoms with Gasteiger partial charge in [0.2, 0.25) is 21.8 Å². The van der Waals surface area contributed by atoms with Crippen molar-refractivity contribution in [2.24, 2.45) is 5.92 Å². The molecule has 9 nitrogen and oxygen atoms in total. The van der Waals surface area contributed by atoms with Crippen LogP contribution >= 0.6 is 0 Å². The van der Waals surface area contributed by atoms with Gasteiger partial charge in [0, 0.05) is 52.1 Å². The second kappa shape index (κ2) is 10.4. The molecule has 0 spiro atoms. The van der Waals surface area contributed by atoms with Gasteiger partial charge < -0.3 is 19.9 Å². The van der Waals surface area contributed by atoms with Crippen LogP contribution in [0.25, 0.3) is 0 Å². The third-order valence-electron chi connectivity index (χ3n) is 6.84. The molecule has 3 aliphatic heterocycles. The number of benzene rings is 1. The van der Waals surface area contributed by atoms with Crippen molar-refractivity contribution in [2.45, 2.75) is 43.9 Å². The number of ether oxygens (including phenoxy) is 1. The lowest BCUT2D eigenvalue weighted by Crippen LogP contribution is -2.41. The van der Waals surface area contributed by atoms with Crippen LogP contribution in [0.1, 0.15) is 39.0 Å². The van der Waals surface area contributed by atoms with Crippen LogP contribution in [0.15, 0.2) is 23.1 Å². The topological polar surface area (TPSA) is 99.3 Å². The number of hydrogen-bond acceptors (Lipinski definition) is 6. The summed E-state index contributed by atoms with van der Waals surface area (Å²) in [5.74, 6) is -0.306. The van der Waals surface area contributed by atoms with Gasteiger partial charge >= 0.3 is 0 Å². The molecule has 10 heteroatoms. The molecule has 3 saturated heterocycles. The standard InChI is InChI=1S/C23H34N4O5S/c1-18(28)25-11-7-19(8-12-25)23(29)24-21-17-20(33(30,31)27-9-3-2-4-10-27)5-6-22(21)26-13-15-32-16-14-26/h5-6,17,19H,2-4,7-16H2,1H3,(H,24,29). The summed E-state index contributed by atoms with van der Waals surface area (Å²) in [4.78, 5) is 28.8. The van der Waals surface area contributed by atoms with E-state index in [9.17, 15) is 18.0 Å². The highest BCUT2D eigenvalue weighted by molar-refractivity contribution is 7.89. The minimum Gasteiger partial charge on any atom is -0.378 e. The van der Waals surface area contributed by atoms with Crippen molar-refractivity contribution in [2.75, 3.05) is 62.7 Å². The Labute approximate surface area is 196 Å². The maximum absolute atomic E-state index is 13.3. The Morgan fingerprint density at radius 1 is 0.970 bits per heavy atom. The second-order valence-corrected chi connectivity index (χ2v) is 11.0. The quantitative estimate of drug-likeness (QED) is 0.694. The van der Waals surface area contributed by atoms with E-state index < -0.39 is 10.0 Å². The van der Waals surface area contributed by atoms with Gasteiger partial charge in [-0.2, -0.15) is 4.31 Å². The van der Waals surface area contributed by atoms with Crippen molar-refractivity contribution < 1.29 is 22.7 Å². The van der Waals surface area contributed by atoms with Crippen molar-refractivity contribution in [1.82, 2.24) is 9.21 Å². The molecule has 0 unspecified atom stereocenters. The van der Waals surface area contributed by atoms with E-state index in [1.54, 1.807) is 34.3 Å². The zero-order valence-corrected chi connectivity index (χ0v) is 20.1. The van der Waals surface area contributed by atoms with Gasteiger partial charge in [0.25, 0.3) is 0 Å². The number of carbonyl (C=O) groups is 2.